The highest BCUT2D eigenvalue weighted by Gasteiger charge is 2.15. The Bertz CT molecular complexity index is 1000. The van der Waals surface area contributed by atoms with E-state index >= 15 is 0 Å². The number of pyridine rings is 1. The van der Waals surface area contributed by atoms with E-state index in [2.05, 4.69) is 27.4 Å². The van der Waals surface area contributed by atoms with Crippen molar-refractivity contribution in [3.63, 3.8) is 0 Å². The summed E-state index contributed by atoms with van der Waals surface area (Å²) in [6.45, 7) is 2.85. The first-order valence-corrected chi connectivity index (χ1v) is 10.6. The minimum absolute atomic E-state index is 0.0799. The number of hydrogen-bond donors (Lipinski definition) is 1. The van der Waals surface area contributed by atoms with Crippen LogP contribution >= 0.6 is 11.8 Å². The van der Waals surface area contributed by atoms with Gasteiger partial charge in [-0.15, -0.1) is 10.2 Å². The fourth-order valence-electron chi connectivity index (χ4n) is 2.82. The highest BCUT2D eigenvalue weighted by Crippen LogP contribution is 2.24. The van der Waals surface area contributed by atoms with Crippen LogP contribution in [0.4, 0.5) is 5.69 Å². The van der Waals surface area contributed by atoms with E-state index in [0.29, 0.717) is 16.4 Å². The molecule has 0 spiro atoms. The molecule has 0 atom stereocenters. The molecule has 2 heterocycles. The Labute approximate surface area is 179 Å². The minimum Gasteiger partial charge on any atom is -0.345 e. The van der Waals surface area contributed by atoms with Crippen LogP contribution in [0.25, 0.3) is 11.4 Å². The van der Waals surface area contributed by atoms with Gasteiger partial charge in [0, 0.05) is 49.8 Å². The minimum atomic E-state index is -0.150. The molecular formula is C21H24N6O2S. The first kappa shape index (κ1) is 21.5. The van der Waals surface area contributed by atoms with Crippen molar-refractivity contribution in [3.8, 4) is 11.4 Å². The van der Waals surface area contributed by atoms with E-state index in [1.165, 1.54) is 16.7 Å². The Hall–Kier alpha value is -3.20. The molecule has 0 bridgehead atoms. The van der Waals surface area contributed by atoms with Gasteiger partial charge in [-0.2, -0.15) is 0 Å². The molecule has 0 aliphatic heterocycles. The van der Waals surface area contributed by atoms with Crippen LogP contribution in [0.5, 0.6) is 0 Å². The Morgan fingerprint density at radius 3 is 2.40 bits per heavy atom. The number of nitrogens with one attached hydrogen (secondary N) is 1. The van der Waals surface area contributed by atoms with E-state index in [1.54, 1.807) is 50.8 Å². The summed E-state index contributed by atoms with van der Waals surface area (Å²) in [7, 11) is 3.40. The Kier molecular flexibility index (Phi) is 7.18. The second kappa shape index (κ2) is 10.0. The third-order valence-electron chi connectivity index (χ3n) is 4.26. The van der Waals surface area contributed by atoms with Gasteiger partial charge >= 0.3 is 0 Å². The molecule has 2 amide bonds. The van der Waals surface area contributed by atoms with Crippen molar-refractivity contribution in [1.29, 1.82) is 0 Å². The first-order valence-electron chi connectivity index (χ1n) is 9.57. The summed E-state index contributed by atoms with van der Waals surface area (Å²) in [4.78, 5) is 29.9. The third-order valence-corrected chi connectivity index (χ3v) is 5.22. The molecule has 1 aromatic carbocycles. The molecular weight excluding hydrogens is 400 g/mol. The van der Waals surface area contributed by atoms with Crippen molar-refractivity contribution in [2.24, 2.45) is 0 Å². The highest BCUT2D eigenvalue weighted by molar-refractivity contribution is 7.99. The molecule has 9 heteroatoms. The SMILES string of the molecule is CCCn1c(SCC(=O)Nc2ccc(C(=O)N(C)C)cc2)nnc1-c1ccncc1. The van der Waals surface area contributed by atoms with Crippen molar-refractivity contribution < 1.29 is 9.59 Å². The summed E-state index contributed by atoms with van der Waals surface area (Å²) in [6, 6.07) is 10.6. The van der Waals surface area contributed by atoms with Gasteiger partial charge in [0.15, 0.2) is 11.0 Å². The summed E-state index contributed by atoms with van der Waals surface area (Å²) >= 11 is 1.34. The lowest BCUT2D eigenvalue weighted by Gasteiger charge is -2.11. The molecule has 30 heavy (non-hydrogen) atoms. The van der Waals surface area contributed by atoms with Crippen molar-refractivity contribution in [2.75, 3.05) is 25.2 Å². The van der Waals surface area contributed by atoms with Gasteiger partial charge < -0.3 is 14.8 Å². The van der Waals surface area contributed by atoms with Crippen LogP contribution in [0.3, 0.4) is 0 Å². The number of amides is 2. The standard InChI is InChI=1S/C21H24N6O2S/c1-4-13-27-19(15-9-11-22-12-10-15)24-25-21(27)30-14-18(28)23-17-7-5-16(6-8-17)20(29)26(2)3/h5-12H,4,13-14H2,1-3H3,(H,23,28). The zero-order chi connectivity index (χ0) is 21.5. The molecule has 3 aromatic rings. The molecule has 0 saturated carbocycles. The van der Waals surface area contributed by atoms with Gasteiger partial charge in [0.1, 0.15) is 0 Å². The number of thioether (sulfide) groups is 1. The quantitative estimate of drug-likeness (QED) is 0.558. The predicted octanol–water partition coefficient (Wildman–Crippen LogP) is 3.18. The topological polar surface area (TPSA) is 93.0 Å². The second-order valence-electron chi connectivity index (χ2n) is 6.81. The Morgan fingerprint density at radius 2 is 1.77 bits per heavy atom. The number of hydrogen-bond acceptors (Lipinski definition) is 6. The van der Waals surface area contributed by atoms with Crippen LogP contribution in [-0.4, -0.2) is 56.3 Å². The molecule has 0 fully saturated rings. The third kappa shape index (κ3) is 5.24. The number of carbonyl (C=O) groups is 2. The number of aromatic nitrogens is 4. The van der Waals surface area contributed by atoms with Gasteiger partial charge in [0.05, 0.1) is 5.75 Å². The summed E-state index contributed by atoms with van der Waals surface area (Å²) in [5.74, 6) is 0.742. The average Bonchev–Trinajstić information content (AvgIpc) is 3.16. The first-order chi connectivity index (χ1) is 14.5. The van der Waals surface area contributed by atoms with E-state index in [1.807, 2.05) is 16.7 Å². The number of carbonyl (C=O) groups excluding carboxylic acids is 2. The molecule has 0 aliphatic carbocycles. The number of benzene rings is 1. The summed E-state index contributed by atoms with van der Waals surface area (Å²) in [6.07, 6.45) is 4.36. The lowest BCUT2D eigenvalue weighted by atomic mass is 10.2. The molecule has 1 N–H and O–H groups in total. The molecule has 3 rings (SSSR count). The predicted molar refractivity (Wildman–Crippen MR) is 117 cm³/mol. The van der Waals surface area contributed by atoms with E-state index in [9.17, 15) is 9.59 Å². The van der Waals surface area contributed by atoms with Crippen molar-refractivity contribution in [3.05, 3.63) is 54.4 Å². The Balaban J connectivity index is 1.63. The van der Waals surface area contributed by atoms with Crippen molar-refractivity contribution in [2.45, 2.75) is 25.0 Å². The fourth-order valence-corrected chi connectivity index (χ4v) is 3.58. The molecule has 0 aliphatic rings. The van der Waals surface area contributed by atoms with E-state index < -0.39 is 0 Å². The maximum atomic E-state index is 12.4. The summed E-state index contributed by atoms with van der Waals surface area (Å²) in [5, 5.41) is 12.1. The lowest BCUT2D eigenvalue weighted by Crippen LogP contribution is -2.21. The Morgan fingerprint density at radius 1 is 1.07 bits per heavy atom. The van der Waals surface area contributed by atoms with Gasteiger partial charge in [-0.25, -0.2) is 0 Å². The van der Waals surface area contributed by atoms with Crippen LogP contribution in [0.2, 0.25) is 0 Å². The fraction of sp³-hybridized carbons (Fsp3) is 0.286. The highest BCUT2D eigenvalue weighted by atomic mass is 32.2. The van der Waals surface area contributed by atoms with Gasteiger partial charge in [-0.1, -0.05) is 18.7 Å². The van der Waals surface area contributed by atoms with E-state index in [4.69, 9.17) is 0 Å². The molecule has 2 aromatic heterocycles. The van der Waals surface area contributed by atoms with Crippen LogP contribution in [-0.2, 0) is 11.3 Å². The molecule has 0 radical (unpaired) electrons. The van der Waals surface area contributed by atoms with Crippen LogP contribution in [0.1, 0.15) is 23.7 Å². The average molecular weight is 425 g/mol. The van der Waals surface area contributed by atoms with E-state index in [-0.39, 0.29) is 17.6 Å². The largest absolute Gasteiger partial charge is 0.345 e. The number of anilines is 1. The maximum Gasteiger partial charge on any atom is 0.253 e. The van der Waals surface area contributed by atoms with Gasteiger partial charge in [0.2, 0.25) is 5.91 Å². The van der Waals surface area contributed by atoms with Crippen LogP contribution < -0.4 is 5.32 Å². The second-order valence-corrected chi connectivity index (χ2v) is 7.75. The smallest absolute Gasteiger partial charge is 0.253 e. The lowest BCUT2D eigenvalue weighted by molar-refractivity contribution is -0.113. The van der Waals surface area contributed by atoms with Crippen LogP contribution in [0.15, 0.2) is 53.9 Å². The van der Waals surface area contributed by atoms with Gasteiger partial charge in [0.25, 0.3) is 5.91 Å². The number of nitrogens with zero attached hydrogens (tertiary/aromatic N) is 5. The maximum absolute atomic E-state index is 12.4. The summed E-state index contributed by atoms with van der Waals surface area (Å²) in [5.41, 5.74) is 2.15. The zero-order valence-electron chi connectivity index (χ0n) is 17.2. The molecule has 0 saturated heterocycles. The summed E-state index contributed by atoms with van der Waals surface area (Å²) < 4.78 is 2.02. The number of rotatable bonds is 8. The van der Waals surface area contributed by atoms with Crippen molar-refractivity contribution in [1.82, 2.24) is 24.6 Å². The van der Waals surface area contributed by atoms with E-state index in [0.717, 1.165) is 24.4 Å². The van der Waals surface area contributed by atoms with Crippen molar-refractivity contribution >= 4 is 29.3 Å². The van der Waals surface area contributed by atoms with Gasteiger partial charge in [-0.3, -0.25) is 14.6 Å². The monoisotopic (exact) mass is 424 g/mol. The molecule has 0 unspecified atom stereocenters. The normalized spacial score (nSPS) is 10.6. The molecule has 8 nitrogen and oxygen atoms in total. The zero-order valence-corrected chi connectivity index (χ0v) is 18.0. The van der Waals surface area contributed by atoms with Gasteiger partial charge in [-0.05, 0) is 42.8 Å². The molecule has 156 valence electrons. The van der Waals surface area contributed by atoms with Crippen LogP contribution in [0, 0.1) is 0 Å².